The predicted molar refractivity (Wildman–Crippen MR) is 131 cm³/mol. The monoisotopic (exact) mass is 578 g/mol. The minimum absolute atomic E-state index is 0.827. The molecule has 168 valence electrons. The Morgan fingerprint density at radius 2 is 1.41 bits per heavy atom. The van der Waals surface area contributed by atoms with Crippen LogP contribution in [0.3, 0.4) is 0 Å². The molecule has 3 unspecified atom stereocenters. The summed E-state index contributed by atoms with van der Waals surface area (Å²) in [5, 5.41) is 0. The van der Waals surface area contributed by atoms with Crippen molar-refractivity contribution in [2.75, 3.05) is 7.11 Å². The Bertz CT molecular complexity index is 525. The van der Waals surface area contributed by atoms with Gasteiger partial charge in [-0.05, 0) is 58.9 Å². The van der Waals surface area contributed by atoms with Gasteiger partial charge in [-0.3, -0.25) is 0 Å². The molecule has 0 heterocycles. The van der Waals surface area contributed by atoms with Crippen molar-refractivity contribution in [2.45, 2.75) is 58.9 Å². The van der Waals surface area contributed by atoms with Crippen molar-refractivity contribution in [1.29, 1.82) is 0 Å². The van der Waals surface area contributed by atoms with Gasteiger partial charge in [-0.2, -0.15) is 0 Å². The van der Waals surface area contributed by atoms with Gasteiger partial charge in [-0.1, -0.05) is 0 Å². The zero-order valence-electron chi connectivity index (χ0n) is 18.8. The first-order chi connectivity index (χ1) is 12.8. The lowest BCUT2D eigenvalue weighted by atomic mass is 11.8. The van der Waals surface area contributed by atoms with E-state index in [1.165, 1.54) is 7.11 Å². The van der Waals surface area contributed by atoms with Gasteiger partial charge in [0.05, 0.1) is 9.76 Å². The molecule has 0 spiro atoms. The van der Waals surface area contributed by atoms with Crippen LogP contribution >= 0.6 is 0 Å². The van der Waals surface area contributed by atoms with E-state index in [4.69, 9.17) is 20.9 Å². The molecule has 0 rings (SSSR count). The molecular formula is C10H34O9Si10. The van der Waals surface area contributed by atoms with Gasteiger partial charge in [0.15, 0.2) is 8.32 Å². The highest BCUT2D eigenvalue weighted by Crippen LogP contribution is 2.38. The molecule has 0 aliphatic carbocycles. The summed E-state index contributed by atoms with van der Waals surface area (Å²) in [5.74, 6) is 0. The van der Waals surface area contributed by atoms with E-state index in [2.05, 4.69) is 9.76 Å². The Balaban J connectivity index is 7.08. The molecule has 0 saturated heterocycles. The second-order valence-electron chi connectivity index (χ2n) is 8.74. The third-order valence-corrected chi connectivity index (χ3v) is 76.9. The van der Waals surface area contributed by atoms with Gasteiger partial charge >= 0.3 is 35.4 Å². The Morgan fingerprint density at radius 3 is 1.69 bits per heavy atom. The molecule has 0 saturated carbocycles. The largest absolute Gasteiger partial charge is 0.437 e. The van der Waals surface area contributed by atoms with Crippen LogP contribution < -0.4 is 0 Å². The van der Waals surface area contributed by atoms with Crippen LogP contribution in [0.4, 0.5) is 0 Å². The van der Waals surface area contributed by atoms with E-state index in [9.17, 15) is 19.2 Å². The summed E-state index contributed by atoms with van der Waals surface area (Å²) in [5.41, 5.74) is 0. The van der Waals surface area contributed by atoms with Gasteiger partial charge in [0.2, 0.25) is 24.5 Å². The fraction of sp³-hybridized carbons (Fsp3) is 1.00. The van der Waals surface area contributed by atoms with Crippen molar-refractivity contribution in [3.8, 4) is 0 Å². The fourth-order valence-corrected chi connectivity index (χ4v) is 108. The van der Waals surface area contributed by atoms with Gasteiger partial charge in [-0.15, -0.1) is 0 Å². The lowest BCUT2D eigenvalue weighted by Gasteiger charge is -2.55. The summed E-state index contributed by atoms with van der Waals surface area (Å²) < 4.78 is 31.2. The Kier molecular flexibility index (Phi) is 11.5. The van der Waals surface area contributed by atoms with Crippen LogP contribution in [-0.4, -0.2) is 111 Å². The highest BCUT2D eigenvalue weighted by atomic mass is 30.1. The van der Waals surface area contributed by atoms with Crippen LogP contribution in [-0.2, 0) is 20.9 Å². The van der Waals surface area contributed by atoms with E-state index in [1.807, 2.05) is 39.3 Å². The lowest BCUT2D eigenvalue weighted by Crippen LogP contribution is -2.93. The van der Waals surface area contributed by atoms with E-state index in [1.54, 1.807) is 19.6 Å². The maximum absolute atomic E-state index is 11.3. The minimum Gasteiger partial charge on any atom is -0.437 e. The molecule has 0 fully saturated rings. The summed E-state index contributed by atoms with van der Waals surface area (Å²) in [6, 6.07) is 0. The summed E-state index contributed by atoms with van der Waals surface area (Å²) >= 11 is 0. The summed E-state index contributed by atoms with van der Waals surface area (Å²) in [6.07, 6.45) is 0. The quantitative estimate of drug-likeness (QED) is 0.204. The highest BCUT2D eigenvalue weighted by molar-refractivity contribution is 7.92. The van der Waals surface area contributed by atoms with Crippen LogP contribution in [0.1, 0.15) is 0 Å². The van der Waals surface area contributed by atoms with E-state index in [0.717, 1.165) is 0 Å². The standard InChI is InChI=1S/C10H34O9Si10/c1-15-27(10,20)28(17-23(2)13,19-26(8,9)18-24(3,4)5)29(22-12,16-21-11)25(6,7)14/h11-14H,1-10H3. The molecule has 0 bridgehead atoms. The molecule has 0 amide bonds. The van der Waals surface area contributed by atoms with Crippen LogP contribution in [0.5, 0.6) is 0 Å². The second kappa shape index (κ2) is 10.8. The van der Waals surface area contributed by atoms with Crippen molar-refractivity contribution in [2.24, 2.45) is 0 Å². The van der Waals surface area contributed by atoms with Crippen molar-refractivity contribution < 1.29 is 40.1 Å². The van der Waals surface area contributed by atoms with Crippen LogP contribution in [0.25, 0.3) is 0 Å². The van der Waals surface area contributed by atoms with Gasteiger partial charge < -0.3 is 40.1 Å². The predicted octanol–water partition coefficient (Wildman–Crippen LogP) is -0.958. The first-order valence-electron chi connectivity index (χ1n) is 8.89. The Labute approximate surface area is 190 Å². The van der Waals surface area contributed by atoms with Crippen molar-refractivity contribution in [1.82, 2.24) is 0 Å². The third kappa shape index (κ3) is 7.40. The average Bonchev–Trinajstić information content (AvgIpc) is 2.47. The maximum Gasteiger partial charge on any atom is 0.418 e. The van der Waals surface area contributed by atoms with Crippen molar-refractivity contribution >= 4 is 84.9 Å². The molecule has 0 aliphatic heterocycles. The van der Waals surface area contributed by atoms with E-state index >= 15 is 0 Å². The van der Waals surface area contributed by atoms with Gasteiger partial charge in [0.25, 0.3) is 6.87 Å². The van der Waals surface area contributed by atoms with Crippen molar-refractivity contribution in [3.05, 3.63) is 0 Å². The molecule has 9 nitrogen and oxygen atoms in total. The van der Waals surface area contributed by atoms with Crippen LogP contribution in [0, 0.1) is 0 Å². The summed E-state index contributed by atoms with van der Waals surface area (Å²) in [4.78, 5) is 42.1. The first kappa shape index (κ1) is 30.8. The van der Waals surface area contributed by atoms with E-state index in [0.29, 0.717) is 0 Å². The molecule has 4 N–H and O–H groups in total. The molecular weight excluding hydrogens is 545 g/mol. The minimum atomic E-state index is -3.84. The zero-order chi connectivity index (χ0) is 23.5. The normalized spacial score (nSPS) is 20.3. The van der Waals surface area contributed by atoms with E-state index in [-0.39, 0.29) is 0 Å². The zero-order valence-corrected chi connectivity index (χ0v) is 28.8. The average molecular weight is 579 g/mol. The molecule has 8 radical (unpaired) electrons. The molecule has 0 aromatic carbocycles. The van der Waals surface area contributed by atoms with Crippen molar-refractivity contribution in [3.63, 3.8) is 0 Å². The molecule has 3 atom stereocenters. The SMILES string of the molecule is CO[Si](C)([Si])[Si](O[Si](C)O)(O[Si](C)(C)O[Si](C)(C)C)[Si](O[Si]O)([Si]O)[Si](C)(C)O. The second-order valence-corrected chi connectivity index (χ2v) is 56.5. The fourth-order valence-electron chi connectivity index (χ4n) is 3.04. The molecule has 0 aromatic heterocycles. The number of hydrogen-bond donors (Lipinski definition) is 4. The van der Waals surface area contributed by atoms with Gasteiger partial charge in [-0.25, -0.2) is 0 Å². The van der Waals surface area contributed by atoms with Crippen LogP contribution in [0.15, 0.2) is 0 Å². The lowest BCUT2D eigenvalue weighted by molar-refractivity contribution is 0.309. The first-order valence-corrected chi connectivity index (χ1v) is 33.4. The third-order valence-electron chi connectivity index (χ3n) is 3.95. The Morgan fingerprint density at radius 1 is 0.931 bits per heavy atom. The number of rotatable bonds is 13. The summed E-state index contributed by atoms with van der Waals surface area (Å²) in [7, 11) is -14.0. The van der Waals surface area contributed by atoms with E-state index < -0.39 is 75.1 Å². The summed E-state index contributed by atoms with van der Waals surface area (Å²) in [6.45, 7) is 12.9. The molecule has 29 heavy (non-hydrogen) atoms. The Hall–Kier alpha value is 1.81. The molecule has 19 heteroatoms. The van der Waals surface area contributed by atoms with Crippen LogP contribution in [0.2, 0.25) is 58.9 Å². The topological polar surface area (TPSA) is 127 Å². The van der Waals surface area contributed by atoms with Gasteiger partial charge in [0, 0.05) is 7.11 Å². The smallest absolute Gasteiger partial charge is 0.418 e. The number of hydrogen-bond acceptors (Lipinski definition) is 9. The maximum atomic E-state index is 11.3. The van der Waals surface area contributed by atoms with Gasteiger partial charge in [0.1, 0.15) is 0 Å². The molecule has 0 aromatic rings. The highest BCUT2D eigenvalue weighted by Gasteiger charge is 2.78. The molecule has 0 aliphatic rings.